The molecule has 0 unspecified atom stereocenters. The standard InChI is InChI=1S/C51H32N2/c1-2-13-33(14-3-1)35-25-28-36(29-26-35)47-32-48(53-50(52-47)38-30-27-34-15-4-5-16-37(34)31-38)43-21-12-20-42-41-19-8-11-24-46(41)51(49(42)43)44-22-9-6-17-39(44)40-18-7-10-23-45(40)51/h1-32H. The van der Waals surface area contributed by atoms with Gasteiger partial charge in [0.1, 0.15) is 0 Å². The fourth-order valence-electron chi connectivity index (χ4n) is 9.02. The lowest BCUT2D eigenvalue weighted by Gasteiger charge is -2.32. The van der Waals surface area contributed by atoms with Gasteiger partial charge in [-0.1, -0.05) is 182 Å². The van der Waals surface area contributed by atoms with Crippen LogP contribution in [0.5, 0.6) is 0 Å². The molecule has 11 rings (SSSR count). The van der Waals surface area contributed by atoms with Crippen molar-refractivity contribution < 1.29 is 0 Å². The average Bonchev–Trinajstić information content (AvgIpc) is 3.71. The van der Waals surface area contributed by atoms with Crippen LogP contribution in [-0.2, 0) is 5.41 Å². The predicted octanol–water partition coefficient (Wildman–Crippen LogP) is 12.6. The van der Waals surface area contributed by atoms with Crippen LogP contribution in [0.2, 0.25) is 0 Å². The van der Waals surface area contributed by atoms with Gasteiger partial charge in [0.05, 0.1) is 16.8 Å². The highest BCUT2D eigenvalue weighted by Gasteiger charge is 2.52. The lowest BCUT2D eigenvalue weighted by Crippen LogP contribution is -2.26. The van der Waals surface area contributed by atoms with Crippen molar-refractivity contribution >= 4 is 10.8 Å². The Hall–Kier alpha value is -6.90. The monoisotopic (exact) mass is 672 g/mol. The molecule has 0 fully saturated rings. The van der Waals surface area contributed by atoms with Gasteiger partial charge in [-0.05, 0) is 78.5 Å². The number of hydrogen-bond acceptors (Lipinski definition) is 2. The highest BCUT2D eigenvalue weighted by molar-refractivity contribution is 5.98. The Kier molecular flexibility index (Phi) is 6.50. The van der Waals surface area contributed by atoms with Crippen LogP contribution >= 0.6 is 0 Å². The number of rotatable bonds is 4. The fourth-order valence-corrected chi connectivity index (χ4v) is 9.02. The van der Waals surface area contributed by atoms with Gasteiger partial charge in [0.25, 0.3) is 0 Å². The van der Waals surface area contributed by atoms with E-state index < -0.39 is 5.41 Å². The van der Waals surface area contributed by atoms with Crippen LogP contribution in [0, 0.1) is 0 Å². The highest BCUT2D eigenvalue weighted by atomic mass is 14.9. The SMILES string of the molecule is c1ccc(-c2ccc(-c3cc(-c4cccc5c4C4(c6ccccc6-c6ccccc64)c4ccccc4-5)nc(-c4ccc5ccccc5c4)n3)cc2)cc1. The molecule has 2 nitrogen and oxygen atoms in total. The van der Waals surface area contributed by atoms with E-state index in [1.807, 2.05) is 0 Å². The summed E-state index contributed by atoms with van der Waals surface area (Å²) in [7, 11) is 0. The Morgan fingerprint density at radius 1 is 0.302 bits per heavy atom. The number of aromatic nitrogens is 2. The Morgan fingerprint density at radius 3 is 1.49 bits per heavy atom. The first-order valence-corrected chi connectivity index (χ1v) is 18.2. The van der Waals surface area contributed by atoms with Crippen molar-refractivity contribution in [2.24, 2.45) is 0 Å². The van der Waals surface area contributed by atoms with Crippen molar-refractivity contribution in [3.05, 3.63) is 216 Å². The number of fused-ring (bicyclic) bond motifs is 11. The molecule has 0 bridgehead atoms. The summed E-state index contributed by atoms with van der Waals surface area (Å²) in [5, 5.41) is 2.37. The van der Waals surface area contributed by atoms with Gasteiger partial charge in [-0.2, -0.15) is 0 Å². The number of benzene rings is 8. The van der Waals surface area contributed by atoms with Gasteiger partial charge in [0, 0.05) is 16.7 Å². The number of hydrogen-bond donors (Lipinski definition) is 0. The van der Waals surface area contributed by atoms with E-state index in [0.717, 1.165) is 28.1 Å². The van der Waals surface area contributed by atoms with Crippen LogP contribution in [-0.4, -0.2) is 9.97 Å². The van der Waals surface area contributed by atoms with Gasteiger partial charge in [0.2, 0.25) is 0 Å². The Labute approximate surface area is 308 Å². The summed E-state index contributed by atoms with van der Waals surface area (Å²) < 4.78 is 0. The molecule has 2 aliphatic rings. The van der Waals surface area contributed by atoms with Crippen molar-refractivity contribution in [2.45, 2.75) is 5.41 Å². The molecule has 0 atom stereocenters. The molecule has 0 radical (unpaired) electrons. The maximum absolute atomic E-state index is 5.47. The predicted molar refractivity (Wildman–Crippen MR) is 218 cm³/mol. The molecule has 53 heavy (non-hydrogen) atoms. The zero-order chi connectivity index (χ0) is 34.9. The third-order valence-electron chi connectivity index (χ3n) is 11.3. The van der Waals surface area contributed by atoms with Gasteiger partial charge >= 0.3 is 0 Å². The molecule has 2 aliphatic carbocycles. The fraction of sp³-hybridized carbons (Fsp3) is 0.0196. The van der Waals surface area contributed by atoms with Crippen molar-refractivity contribution in [3.8, 4) is 67.3 Å². The minimum atomic E-state index is -0.485. The number of nitrogens with zero attached hydrogens (tertiary/aromatic N) is 2. The van der Waals surface area contributed by atoms with Gasteiger partial charge < -0.3 is 0 Å². The summed E-state index contributed by atoms with van der Waals surface area (Å²) >= 11 is 0. The van der Waals surface area contributed by atoms with E-state index in [-0.39, 0.29) is 0 Å². The van der Waals surface area contributed by atoms with Crippen LogP contribution in [0.1, 0.15) is 22.3 Å². The summed E-state index contributed by atoms with van der Waals surface area (Å²) in [4.78, 5) is 10.8. The summed E-state index contributed by atoms with van der Waals surface area (Å²) in [6.07, 6.45) is 0. The molecule has 0 amide bonds. The van der Waals surface area contributed by atoms with E-state index in [1.165, 1.54) is 66.4 Å². The molecule has 1 aromatic heterocycles. The molecule has 1 spiro atoms. The van der Waals surface area contributed by atoms with Crippen molar-refractivity contribution in [2.75, 3.05) is 0 Å². The van der Waals surface area contributed by atoms with Crippen LogP contribution in [0.4, 0.5) is 0 Å². The first-order valence-electron chi connectivity index (χ1n) is 18.2. The van der Waals surface area contributed by atoms with Crippen molar-refractivity contribution in [1.29, 1.82) is 0 Å². The summed E-state index contributed by atoms with van der Waals surface area (Å²) in [6.45, 7) is 0. The Balaban J connectivity index is 1.18. The van der Waals surface area contributed by atoms with Gasteiger partial charge in [-0.15, -0.1) is 0 Å². The molecule has 0 aliphatic heterocycles. The molecule has 1 heterocycles. The van der Waals surface area contributed by atoms with Crippen molar-refractivity contribution in [1.82, 2.24) is 9.97 Å². The molecule has 0 saturated carbocycles. The van der Waals surface area contributed by atoms with Crippen LogP contribution in [0.25, 0.3) is 78.1 Å². The largest absolute Gasteiger partial charge is 0.228 e. The van der Waals surface area contributed by atoms with E-state index in [4.69, 9.17) is 9.97 Å². The topological polar surface area (TPSA) is 25.8 Å². The quantitative estimate of drug-likeness (QED) is 0.186. The molecular weight excluding hydrogens is 641 g/mol. The van der Waals surface area contributed by atoms with E-state index in [2.05, 4.69) is 194 Å². The molecule has 0 saturated heterocycles. The molecule has 246 valence electrons. The third-order valence-corrected chi connectivity index (χ3v) is 11.3. The lowest BCUT2D eigenvalue weighted by atomic mass is 9.69. The first kappa shape index (κ1) is 29.8. The average molecular weight is 673 g/mol. The van der Waals surface area contributed by atoms with Gasteiger partial charge in [-0.3, -0.25) is 0 Å². The highest BCUT2D eigenvalue weighted by Crippen LogP contribution is 2.64. The normalized spacial score (nSPS) is 13.1. The minimum absolute atomic E-state index is 0.485. The summed E-state index contributed by atoms with van der Waals surface area (Å²) in [6, 6.07) is 70.2. The Morgan fingerprint density at radius 2 is 0.792 bits per heavy atom. The van der Waals surface area contributed by atoms with Crippen LogP contribution in [0.15, 0.2) is 194 Å². The first-order chi connectivity index (χ1) is 26.3. The molecule has 0 N–H and O–H groups in total. The van der Waals surface area contributed by atoms with E-state index >= 15 is 0 Å². The van der Waals surface area contributed by atoms with Gasteiger partial charge in [-0.25, -0.2) is 9.97 Å². The van der Waals surface area contributed by atoms with Crippen LogP contribution in [0.3, 0.4) is 0 Å². The summed E-state index contributed by atoms with van der Waals surface area (Å²) in [5.41, 5.74) is 17.2. The van der Waals surface area contributed by atoms with E-state index in [9.17, 15) is 0 Å². The molecule has 8 aromatic carbocycles. The second-order valence-electron chi connectivity index (χ2n) is 14.1. The maximum Gasteiger partial charge on any atom is 0.160 e. The zero-order valence-corrected chi connectivity index (χ0v) is 28.9. The smallest absolute Gasteiger partial charge is 0.160 e. The maximum atomic E-state index is 5.47. The third kappa shape index (κ3) is 4.39. The van der Waals surface area contributed by atoms with Crippen molar-refractivity contribution in [3.63, 3.8) is 0 Å². The summed E-state index contributed by atoms with van der Waals surface area (Å²) in [5.74, 6) is 0.713. The van der Waals surface area contributed by atoms with E-state index in [1.54, 1.807) is 0 Å². The van der Waals surface area contributed by atoms with Crippen LogP contribution < -0.4 is 0 Å². The second-order valence-corrected chi connectivity index (χ2v) is 14.1. The second kappa shape index (κ2) is 11.6. The zero-order valence-electron chi connectivity index (χ0n) is 28.9. The molecule has 2 heteroatoms. The molecular formula is C51H32N2. The Bertz CT molecular complexity index is 2820. The minimum Gasteiger partial charge on any atom is -0.228 e. The van der Waals surface area contributed by atoms with E-state index in [0.29, 0.717) is 5.82 Å². The molecule has 9 aromatic rings. The van der Waals surface area contributed by atoms with Gasteiger partial charge in [0.15, 0.2) is 5.82 Å². The lowest BCUT2D eigenvalue weighted by molar-refractivity contribution is 0.795.